The van der Waals surface area contributed by atoms with E-state index in [4.69, 9.17) is 5.11 Å². The average Bonchev–Trinajstić information content (AvgIpc) is 2.93. The number of aromatic nitrogens is 2. The lowest BCUT2D eigenvalue weighted by Gasteiger charge is -2.06. The van der Waals surface area contributed by atoms with Crippen LogP contribution in [0.1, 0.15) is 27.2 Å². The molecule has 7 nitrogen and oxygen atoms in total. The number of carboxylic acids is 1. The summed E-state index contributed by atoms with van der Waals surface area (Å²) in [5.41, 5.74) is 0.334. The third kappa shape index (κ3) is 4.25. The molecule has 0 aromatic carbocycles. The molecule has 0 radical (unpaired) electrons. The van der Waals surface area contributed by atoms with Crippen molar-refractivity contribution in [2.75, 3.05) is 5.32 Å². The van der Waals surface area contributed by atoms with Crippen molar-refractivity contribution >= 4 is 29.0 Å². The van der Waals surface area contributed by atoms with Crippen molar-refractivity contribution in [3.63, 3.8) is 0 Å². The van der Waals surface area contributed by atoms with E-state index in [2.05, 4.69) is 20.6 Å². The Kier molecular flexibility index (Phi) is 4.83. The quantitative estimate of drug-likeness (QED) is 0.785. The highest BCUT2D eigenvalue weighted by Crippen LogP contribution is 2.13. The summed E-state index contributed by atoms with van der Waals surface area (Å²) in [6, 6.07) is 0.903. The van der Waals surface area contributed by atoms with Gasteiger partial charge >= 0.3 is 12.0 Å². The highest BCUT2D eigenvalue weighted by molar-refractivity contribution is 7.11. The van der Waals surface area contributed by atoms with Gasteiger partial charge in [0, 0.05) is 17.3 Å². The second-order valence-electron chi connectivity index (χ2n) is 4.15. The van der Waals surface area contributed by atoms with Gasteiger partial charge in [-0.25, -0.2) is 14.6 Å². The van der Waals surface area contributed by atoms with Gasteiger partial charge in [0.05, 0.1) is 24.0 Å². The fourth-order valence-electron chi connectivity index (χ4n) is 1.55. The SMILES string of the molecule is CCc1cnc(CNC(=O)Nc2cncc(C(=O)O)c2)s1. The summed E-state index contributed by atoms with van der Waals surface area (Å²) in [4.78, 5) is 31.6. The van der Waals surface area contributed by atoms with E-state index in [1.807, 2.05) is 6.92 Å². The van der Waals surface area contributed by atoms with Crippen LogP contribution >= 0.6 is 11.3 Å². The third-order valence-electron chi connectivity index (χ3n) is 2.59. The predicted molar refractivity (Wildman–Crippen MR) is 78.5 cm³/mol. The normalized spacial score (nSPS) is 10.1. The minimum absolute atomic E-state index is 0.0142. The number of pyridine rings is 1. The molecule has 21 heavy (non-hydrogen) atoms. The van der Waals surface area contributed by atoms with Gasteiger partial charge in [0.2, 0.25) is 0 Å². The first-order valence-corrected chi connectivity index (χ1v) is 7.07. The molecule has 2 aromatic heterocycles. The second kappa shape index (κ2) is 6.80. The van der Waals surface area contributed by atoms with Crippen molar-refractivity contribution in [1.82, 2.24) is 15.3 Å². The number of nitrogens with one attached hydrogen (secondary N) is 2. The van der Waals surface area contributed by atoms with Gasteiger partial charge in [-0.15, -0.1) is 11.3 Å². The smallest absolute Gasteiger partial charge is 0.337 e. The fourth-order valence-corrected chi connectivity index (χ4v) is 2.35. The van der Waals surface area contributed by atoms with Gasteiger partial charge in [-0.3, -0.25) is 4.98 Å². The first kappa shape index (κ1) is 14.9. The molecule has 3 N–H and O–H groups in total. The molecule has 0 spiro atoms. The number of anilines is 1. The van der Waals surface area contributed by atoms with Gasteiger partial charge in [0.15, 0.2) is 0 Å². The van der Waals surface area contributed by atoms with E-state index < -0.39 is 12.0 Å². The Morgan fingerprint density at radius 3 is 2.81 bits per heavy atom. The molecule has 0 saturated heterocycles. The number of rotatable bonds is 5. The number of urea groups is 1. The van der Waals surface area contributed by atoms with E-state index in [0.717, 1.165) is 16.3 Å². The molecular formula is C13H14N4O3S. The number of hydrogen-bond acceptors (Lipinski definition) is 5. The van der Waals surface area contributed by atoms with Crippen LogP contribution in [0.5, 0.6) is 0 Å². The predicted octanol–water partition coefficient (Wildman–Crippen LogP) is 2.12. The largest absolute Gasteiger partial charge is 0.478 e. The zero-order chi connectivity index (χ0) is 15.2. The second-order valence-corrected chi connectivity index (χ2v) is 5.35. The van der Waals surface area contributed by atoms with Crippen molar-refractivity contribution in [3.8, 4) is 0 Å². The first-order valence-electron chi connectivity index (χ1n) is 6.25. The number of thiazole rings is 1. The molecule has 0 fully saturated rings. The Morgan fingerprint density at radius 2 is 2.14 bits per heavy atom. The number of amides is 2. The lowest BCUT2D eigenvalue weighted by molar-refractivity contribution is 0.0696. The molecule has 0 aliphatic carbocycles. The van der Waals surface area contributed by atoms with Crippen LogP contribution in [0.4, 0.5) is 10.5 Å². The van der Waals surface area contributed by atoms with Crippen LogP contribution in [0.25, 0.3) is 0 Å². The van der Waals surface area contributed by atoms with E-state index in [9.17, 15) is 9.59 Å². The van der Waals surface area contributed by atoms with Gasteiger partial charge < -0.3 is 15.7 Å². The molecule has 0 unspecified atom stereocenters. The average molecular weight is 306 g/mol. The van der Waals surface area contributed by atoms with Crippen molar-refractivity contribution < 1.29 is 14.7 Å². The molecule has 2 rings (SSSR count). The Labute approximate surface area is 125 Å². The van der Waals surface area contributed by atoms with Crippen LogP contribution in [-0.4, -0.2) is 27.1 Å². The Hall–Kier alpha value is -2.48. The van der Waals surface area contributed by atoms with Crippen molar-refractivity contribution in [2.24, 2.45) is 0 Å². The maximum absolute atomic E-state index is 11.7. The summed E-state index contributed by atoms with van der Waals surface area (Å²) in [5.74, 6) is -1.10. The van der Waals surface area contributed by atoms with Crippen LogP contribution in [0, 0.1) is 0 Å². The van der Waals surface area contributed by atoms with Gasteiger partial charge in [-0.05, 0) is 12.5 Å². The number of carbonyl (C=O) groups is 2. The zero-order valence-electron chi connectivity index (χ0n) is 11.3. The number of aryl methyl sites for hydroxylation is 1. The molecule has 0 aliphatic rings. The molecular weight excluding hydrogens is 292 g/mol. The molecule has 0 saturated carbocycles. The minimum Gasteiger partial charge on any atom is -0.478 e. The summed E-state index contributed by atoms with van der Waals surface area (Å²) >= 11 is 1.54. The summed E-state index contributed by atoms with van der Waals surface area (Å²) in [5, 5.41) is 14.9. The highest BCUT2D eigenvalue weighted by atomic mass is 32.1. The highest BCUT2D eigenvalue weighted by Gasteiger charge is 2.07. The summed E-state index contributed by atoms with van der Waals surface area (Å²) < 4.78 is 0. The molecule has 2 heterocycles. The fraction of sp³-hybridized carbons (Fsp3) is 0.231. The molecule has 8 heteroatoms. The van der Waals surface area contributed by atoms with Gasteiger partial charge in [0.25, 0.3) is 0 Å². The first-order chi connectivity index (χ1) is 10.1. The van der Waals surface area contributed by atoms with E-state index in [0.29, 0.717) is 12.2 Å². The third-order valence-corrected chi connectivity index (χ3v) is 3.73. The number of aromatic carboxylic acids is 1. The number of hydrogen-bond donors (Lipinski definition) is 3. The van der Waals surface area contributed by atoms with Crippen LogP contribution in [0.2, 0.25) is 0 Å². The zero-order valence-corrected chi connectivity index (χ0v) is 12.1. The number of nitrogens with zero attached hydrogens (tertiary/aromatic N) is 2. The lowest BCUT2D eigenvalue weighted by Crippen LogP contribution is -2.28. The van der Waals surface area contributed by atoms with Gasteiger partial charge in [-0.2, -0.15) is 0 Å². The maximum Gasteiger partial charge on any atom is 0.337 e. The van der Waals surface area contributed by atoms with Crippen molar-refractivity contribution in [2.45, 2.75) is 19.9 Å². The molecule has 2 amide bonds. The Bertz CT molecular complexity index is 656. The number of carboxylic acid groups (broad SMARTS) is 1. The van der Waals surface area contributed by atoms with Crippen LogP contribution < -0.4 is 10.6 Å². The van der Waals surface area contributed by atoms with Crippen LogP contribution in [0.15, 0.2) is 24.7 Å². The summed E-state index contributed by atoms with van der Waals surface area (Å²) in [7, 11) is 0. The van der Waals surface area contributed by atoms with Gasteiger partial charge in [0.1, 0.15) is 5.01 Å². The van der Waals surface area contributed by atoms with Crippen molar-refractivity contribution in [1.29, 1.82) is 0 Å². The lowest BCUT2D eigenvalue weighted by atomic mass is 10.3. The maximum atomic E-state index is 11.7. The van der Waals surface area contributed by atoms with Crippen molar-refractivity contribution in [3.05, 3.63) is 40.1 Å². The Morgan fingerprint density at radius 1 is 1.33 bits per heavy atom. The van der Waals surface area contributed by atoms with E-state index in [1.165, 1.54) is 18.5 Å². The number of carbonyl (C=O) groups excluding carboxylic acids is 1. The molecule has 0 atom stereocenters. The standard InChI is InChI=1S/C13H14N4O3S/c1-2-10-6-15-11(21-10)7-16-13(20)17-9-3-8(12(18)19)4-14-5-9/h3-6H,2,7H2,1H3,(H,18,19)(H2,16,17,20). The van der Waals surface area contributed by atoms with Gasteiger partial charge in [-0.1, -0.05) is 6.92 Å². The summed E-state index contributed by atoms with van der Waals surface area (Å²) in [6.45, 7) is 2.36. The molecule has 110 valence electrons. The monoisotopic (exact) mass is 306 g/mol. The van der Waals surface area contributed by atoms with E-state index in [-0.39, 0.29) is 5.56 Å². The van der Waals surface area contributed by atoms with E-state index in [1.54, 1.807) is 17.5 Å². The van der Waals surface area contributed by atoms with E-state index >= 15 is 0 Å². The van der Waals surface area contributed by atoms with Crippen LogP contribution in [0.3, 0.4) is 0 Å². The summed E-state index contributed by atoms with van der Waals surface area (Å²) in [6.07, 6.45) is 5.30. The van der Waals surface area contributed by atoms with Crippen LogP contribution in [-0.2, 0) is 13.0 Å². The molecule has 0 aliphatic heterocycles. The molecule has 0 bridgehead atoms. The Balaban J connectivity index is 1.89. The minimum atomic E-state index is -1.10. The topological polar surface area (TPSA) is 104 Å². The molecule has 2 aromatic rings.